The van der Waals surface area contributed by atoms with Crippen molar-refractivity contribution in [2.45, 2.75) is 17.7 Å². The third-order valence-electron chi connectivity index (χ3n) is 3.33. The van der Waals surface area contributed by atoms with Crippen molar-refractivity contribution in [3.63, 3.8) is 0 Å². The average molecular weight is 335 g/mol. The van der Waals surface area contributed by atoms with Crippen molar-refractivity contribution in [3.05, 3.63) is 66.0 Å². The quantitative estimate of drug-likeness (QED) is 0.845. The van der Waals surface area contributed by atoms with E-state index in [9.17, 15) is 17.6 Å². The van der Waals surface area contributed by atoms with Gasteiger partial charge in [0.15, 0.2) is 9.84 Å². The molecule has 0 spiro atoms. The molecule has 1 amide bonds. The maximum atomic E-state index is 13.0. The fourth-order valence-electron chi connectivity index (χ4n) is 2.10. The minimum atomic E-state index is -3.45. The Labute approximate surface area is 135 Å². The Hall–Kier alpha value is -2.21. The van der Waals surface area contributed by atoms with Crippen LogP contribution in [0.25, 0.3) is 0 Å². The number of rotatable bonds is 7. The zero-order valence-electron chi connectivity index (χ0n) is 12.5. The normalized spacial score (nSPS) is 11.2. The van der Waals surface area contributed by atoms with Crippen LogP contribution < -0.4 is 5.32 Å². The molecular weight excluding hydrogens is 317 g/mol. The molecule has 6 heteroatoms. The molecule has 1 N–H and O–H groups in total. The molecule has 2 aromatic carbocycles. The Morgan fingerprint density at radius 1 is 1.04 bits per heavy atom. The first-order chi connectivity index (χ1) is 11.0. The monoisotopic (exact) mass is 335 g/mol. The molecule has 0 aromatic heterocycles. The molecule has 0 aliphatic rings. The van der Waals surface area contributed by atoms with Gasteiger partial charge in [-0.2, -0.15) is 0 Å². The number of carbonyl (C=O) groups excluding carboxylic acids is 1. The molecule has 0 bridgehead atoms. The van der Waals surface area contributed by atoms with Gasteiger partial charge in [-0.25, -0.2) is 12.8 Å². The first-order valence-corrected chi connectivity index (χ1v) is 8.91. The van der Waals surface area contributed by atoms with E-state index in [0.29, 0.717) is 13.0 Å². The summed E-state index contributed by atoms with van der Waals surface area (Å²) in [6.07, 6.45) is 0.398. The number of sulfone groups is 1. The van der Waals surface area contributed by atoms with Crippen molar-refractivity contribution in [1.82, 2.24) is 5.32 Å². The van der Waals surface area contributed by atoms with Crippen LogP contribution in [-0.4, -0.2) is 26.6 Å². The summed E-state index contributed by atoms with van der Waals surface area (Å²) in [5, 5.41) is 2.65. The van der Waals surface area contributed by atoms with E-state index in [1.165, 1.54) is 24.3 Å². The molecule has 0 saturated heterocycles. The molecular formula is C17H18FNO3S. The Morgan fingerprint density at radius 2 is 1.78 bits per heavy atom. The van der Waals surface area contributed by atoms with E-state index < -0.39 is 9.84 Å². The molecule has 0 unspecified atom stereocenters. The maximum absolute atomic E-state index is 13.0. The Bertz CT molecular complexity index is 760. The minimum Gasteiger partial charge on any atom is -0.356 e. The van der Waals surface area contributed by atoms with Crippen LogP contribution in [0.5, 0.6) is 0 Å². The number of nitrogens with one attached hydrogen (secondary N) is 1. The van der Waals surface area contributed by atoms with Crippen LogP contribution in [0.15, 0.2) is 59.5 Å². The van der Waals surface area contributed by atoms with Crippen LogP contribution in [0.4, 0.5) is 4.39 Å². The summed E-state index contributed by atoms with van der Waals surface area (Å²) in [6, 6.07) is 14.2. The van der Waals surface area contributed by atoms with Crippen LogP contribution in [0.1, 0.15) is 12.0 Å². The summed E-state index contributed by atoms with van der Waals surface area (Å²) < 4.78 is 37.1. The van der Waals surface area contributed by atoms with Crippen LogP contribution in [0.3, 0.4) is 0 Å². The van der Waals surface area contributed by atoms with Gasteiger partial charge < -0.3 is 5.32 Å². The molecule has 23 heavy (non-hydrogen) atoms. The van der Waals surface area contributed by atoms with E-state index in [4.69, 9.17) is 0 Å². The summed E-state index contributed by atoms with van der Waals surface area (Å²) in [5.74, 6) is -0.883. The van der Waals surface area contributed by atoms with Gasteiger partial charge in [-0.1, -0.05) is 30.3 Å². The second kappa shape index (κ2) is 7.87. The second-order valence-corrected chi connectivity index (χ2v) is 7.22. The van der Waals surface area contributed by atoms with Crippen molar-refractivity contribution in [2.75, 3.05) is 12.3 Å². The molecule has 2 aromatic rings. The van der Waals surface area contributed by atoms with Crippen LogP contribution in [-0.2, 0) is 21.1 Å². The number of amides is 1. The highest BCUT2D eigenvalue weighted by molar-refractivity contribution is 7.91. The summed E-state index contributed by atoms with van der Waals surface area (Å²) >= 11 is 0. The minimum absolute atomic E-state index is 0.0968. The first kappa shape index (κ1) is 17.1. The first-order valence-electron chi connectivity index (χ1n) is 7.26. The lowest BCUT2D eigenvalue weighted by Crippen LogP contribution is -2.27. The molecule has 0 heterocycles. The van der Waals surface area contributed by atoms with Gasteiger partial charge in [-0.3, -0.25) is 4.79 Å². The lowest BCUT2D eigenvalue weighted by atomic mass is 10.1. The van der Waals surface area contributed by atoms with Gasteiger partial charge in [0.2, 0.25) is 5.91 Å². The van der Waals surface area contributed by atoms with Crippen molar-refractivity contribution in [1.29, 1.82) is 0 Å². The van der Waals surface area contributed by atoms with Crippen LogP contribution >= 0.6 is 0 Å². The largest absolute Gasteiger partial charge is 0.356 e. The number of hydrogen-bond acceptors (Lipinski definition) is 3. The Balaban J connectivity index is 1.77. The highest BCUT2D eigenvalue weighted by Crippen LogP contribution is 2.11. The van der Waals surface area contributed by atoms with Crippen LogP contribution in [0, 0.1) is 5.82 Å². The smallest absolute Gasteiger partial charge is 0.221 e. The average Bonchev–Trinajstić information content (AvgIpc) is 2.54. The van der Waals surface area contributed by atoms with E-state index in [1.54, 1.807) is 30.3 Å². The van der Waals surface area contributed by atoms with E-state index in [-0.39, 0.29) is 28.8 Å². The van der Waals surface area contributed by atoms with Gasteiger partial charge in [0.25, 0.3) is 0 Å². The number of halogens is 1. The number of hydrogen-bond donors (Lipinski definition) is 1. The van der Waals surface area contributed by atoms with E-state index in [1.807, 2.05) is 0 Å². The Kier molecular flexibility index (Phi) is 5.87. The van der Waals surface area contributed by atoms with Crippen LogP contribution in [0.2, 0.25) is 0 Å². The van der Waals surface area contributed by atoms with Gasteiger partial charge in [0, 0.05) is 13.0 Å². The lowest BCUT2D eigenvalue weighted by Gasteiger charge is -2.06. The van der Waals surface area contributed by atoms with Gasteiger partial charge in [-0.15, -0.1) is 0 Å². The van der Waals surface area contributed by atoms with Gasteiger partial charge in [0.1, 0.15) is 5.82 Å². The Morgan fingerprint density at radius 3 is 2.48 bits per heavy atom. The summed E-state index contributed by atoms with van der Waals surface area (Å²) in [6.45, 7) is 0.341. The van der Waals surface area contributed by atoms with Crippen molar-refractivity contribution < 1.29 is 17.6 Å². The highest BCUT2D eigenvalue weighted by atomic mass is 32.2. The number of benzene rings is 2. The third-order valence-corrected chi connectivity index (χ3v) is 5.06. The fraction of sp³-hybridized carbons (Fsp3) is 0.235. The molecule has 4 nitrogen and oxygen atoms in total. The van der Waals surface area contributed by atoms with Crippen molar-refractivity contribution in [2.24, 2.45) is 0 Å². The van der Waals surface area contributed by atoms with E-state index >= 15 is 0 Å². The molecule has 0 saturated carbocycles. The van der Waals surface area contributed by atoms with E-state index in [0.717, 1.165) is 5.56 Å². The van der Waals surface area contributed by atoms with Gasteiger partial charge >= 0.3 is 0 Å². The SMILES string of the molecule is O=C(CCS(=O)(=O)c1ccccc1)NCCc1cccc(F)c1. The summed E-state index contributed by atoms with van der Waals surface area (Å²) in [7, 11) is -3.45. The fourth-order valence-corrected chi connectivity index (χ4v) is 3.36. The van der Waals surface area contributed by atoms with Gasteiger partial charge in [-0.05, 0) is 36.2 Å². The molecule has 0 aliphatic carbocycles. The zero-order valence-corrected chi connectivity index (χ0v) is 13.4. The van der Waals surface area contributed by atoms with Crippen molar-refractivity contribution in [3.8, 4) is 0 Å². The van der Waals surface area contributed by atoms with E-state index in [2.05, 4.69) is 5.32 Å². The van der Waals surface area contributed by atoms with Crippen molar-refractivity contribution >= 4 is 15.7 Å². The standard InChI is InChI=1S/C17H18FNO3S/c18-15-6-4-5-14(13-15)9-11-19-17(20)10-12-23(21,22)16-7-2-1-3-8-16/h1-8,13H,9-12H2,(H,19,20). The maximum Gasteiger partial charge on any atom is 0.221 e. The molecule has 0 fully saturated rings. The molecule has 0 radical (unpaired) electrons. The zero-order chi connectivity index (χ0) is 16.7. The predicted octanol–water partition coefficient (Wildman–Crippen LogP) is 2.35. The number of carbonyl (C=O) groups is 1. The predicted molar refractivity (Wildman–Crippen MR) is 86.2 cm³/mol. The summed E-state index contributed by atoms with van der Waals surface area (Å²) in [5.41, 5.74) is 0.780. The molecule has 0 atom stereocenters. The van der Waals surface area contributed by atoms with Gasteiger partial charge in [0.05, 0.1) is 10.6 Å². The molecule has 2 rings (SSSR count). The topological polar surface area (TPSA) is 63.2 Å². The third kappa shape index (κ3) is 5.49. The molecule has 0 aliphatic heterocycles. The molecule has 122 valence electrons. The highest BCUT2D eigenvalue weighted by Gasteiger charge is 2.15. The second-order valence-electron chi connectivity index (χ2n) is 5.11. The lowest BCUT2D eigenvalue weighted by molar-refractivity contribution is -0.120. The summed E-state index contributed by atoms with van der Waals surface area (Å²) in [4.78, 5) is 11.9.